The molecule has 7 heteroatoms. The van der Waals surface area contributed by atoms with E-state index in [0.717, 1.165) is 4.52 Å². The molecule has 0 aromatic carbocycles. The van der Waals surface area contributed by atoms with Crippen LogP contribution in [0.3, 0.4) is 0 Å². The highest BCUT2D eigenvalue weighted by atomic mass is 16.4. The number of H-pyrrole nitrogens is 1. The smallest absolute Gasteiger partial charge is 0.341 e. The van der Waals surface area contributed by atoms with Gasteiger partial charge in [-0.1, -0.05) is 13.8 Å². The first kappa shape index (κ1) is 12.2. The van der Waals surface area contributed by atoms with Crippen molar-refractivity contribution >= 4 is 11.6 Å². The minimum atomic E-state index is -1.20. The highest BCUT2D eigenvalue weighted by molar-refractivity contribution is 5.95. The summed E-state index contributed by atoms with van der Waals surface area (Å²) in [6, 6.07) is 0. The topological polar surface area (TPSA) is 108 Å². The van der Waals surface area contributed by atoms with E-state index in [1.165, 1.54) is 6.92 Å². The maximum atomic E-state index is 11.8. The number of carboxylic acids is 1. The van der Waals surface area contributed by atoms with Crippen molar-refractivity contribution in [2.24, 2.45) is 0 Å². The number of fused-ring (bicyclic) bond motifs is 1. The quantitative estimate of drug-likeness (QED) is 0.733. The summed E-state index contributed by atoms with van der Waals surface area (Å²) < 4.78 is 1.05. The third-order valence-electron chi connectivity index (χ3n) is 2.77. The molecule has 2 aromatic heterocycles. The average Bonchev–Trinajstić information content (AvgIpc) is 2.54. The Bertz CT molecular complexity index is 696. The molecular weight excluding hydrogens is 238 g/mol. The Morgan fingerprint density at radius 1 is 1.44 bits per heavy atom. The maximum absolute atomic E-state index is 11.8. The number of aromatic nitrogens is 3. The number of aromatic hydroxyl groups is 1. The molecule has 7 nitrogen and oxygen atoms in total. The molecule has 0 aliphatic heterocycles. The fourth-order valence-corrected chi connectivity index (χ4v) is 1.96. The Labute approximate surface area is 102 Å². The normalized spacial score (nSPS) is 11.3. The Morgan fingerprint density at radius 3 is 2.56 bits per heavy atom. The maximum Gasteiger partial charge on any atom is 0.341 e. The lowest BCUT2D eigenvalue weighted by molar-refractivity contribution is 0.0698. The molecule has 0 spiro atoms. The third-order valence-corrected chi connectivity index (χ3v) is 2.77. The number of hydrogen-bond donors (Lipinski definition) is 3. The van der Waals surface area contributed by atoms with Crippen molar-refractivity contribution in [3.63, 3.8) is 0 Å². The van der Waals surface area contributed by atoms with Gasteiger partial charge in [0, 0.05) is 0 Å². The summed E-state index contributed by atoms with van der Waals surface area (Å²) in [6.45, 7) is 5.01. The number of carbonyl (C=O) groups is 1. The Hall–Kier alpha value is -2.31. The van der Waals surface area contributed by atoms with Gasteiger partial charge in [0.15, 0.2) is 5.65 Å². The largest absolute Gasteiger partial charge is 0.493 e. The molecule has 0 saturated heterocycles. The van der Waals surface area contributed by atoms with Crippen molar-refractivity contribution in [2.75, 3.05) is 0 Å². The van der Waals surface area contributed by atoms with E-state index in [0.29, 0.717) is 0 Å². The SMILES string of the molecule is Cc1nn2c(O)c(C(C)C)c(=O)[nH]c2c1C(=O)O. The number of nitrogens with one attached hydrogen (secondary N) is 1. The zero-order valence-corrected chi connectivity index (χ0v) is 10.2. The summed E-state index contributed by atoms with van der Waals surface area (Å²) in [4.78, 5) is 25.4. The molecule has 0 amide bonds. The number of nitrogens with zero attached hydrogens (tertiary/aromatic N) is 2. The van der Waals surface area contributed by atoms with Crippen LogP contribution >= 0.6 is 0 Å². The van der Waals surface area contributed by atoms with Crippen LogP contribution in [0.15, 0.2) is 4.79 Å². The lowest BCUT2D eigenvalue weighted by Gasteiger charge is -2.07. The number of hydrogen-bond acceptors (Lipinski definition) is 4. The standard InChI is InChI=1S/C11H13N3O4/c1-4(2)6-9(15)12-8-7(11(17)18)5(3)13-14(8)10(6)16/h4,16H,1-3H3,(H,12,15)(H,17,18). The van der Waals surface area contributed by atoms with Gasteiger partial charge < -0.3 is 15.2 Å². The second-order valence-electron chi connectivity index (χ2n) is 4.37. The van der Waals surface area contributed by atoms with E-state index in [-0.39, 0.29) is 34.3 Å². The van der Waals surface area contributed by atoms with Crippen molar-refractivity contribution in [2.45, 2.75) is 26.7 Å². The van der Waals surface area contributed by atoms with Crippen LogP contribution < -0.4 is 5.56 Å². The molecule has 0 aliphatic rings. The summed E-state index contributed by atoms with van der Waals surface area (Å²) in [6.07, 6.45) is 0. The zero-order valence-electron chi connectivity index (χ0n) is 10.2. The fraction of sp³-hybridized carbons (Fsp3) is 0.364. The van der Waals surface area contributed by atoms with E-state index in [1.807, 2.05) is 0 Å². The summed E-state index contributed by atoms with van der Waals surface area (Å²) in [5, 5.41) is 23.0. The Morgan fingerprint density at radius 2 is 2.06 bits per heavy atom. The van der Waals surface area contributed by atoms with Gasteiger partial charge in [-0.3, -0.25) is 4.79 Å². The third kappa shape index (κ3) is 1.55. The van der Waals surface area contributed by atoms with Crippen molar-refractivity contribution < 1.29 is 15.0 Å². The number of aromatic amines is 1. The molecule has 0 aliphatic carbocycles. The van der Waals surface area contributed by atoms with Crippen LogP contribution in [0.25, 0.3) is 5.65 Å². The van der Waals surface area contributed by atoms with Crippen molar-refractivity contribution in [3.8, 4) is 5.88 Å². The molecule has 2 heterocycles. The fourth-order valence-electron chi connectivity index (χ4n) is 1.96. The number of aromatic carboxylic acids is 1. The van der Waals surface area contributed by atoms with Crippen molar-refractivity contribution in [3.05, 3.63) is 27.2 Å². The molecule has 18 heavy (non-hydrogen) atoms. The first-order valence-corrected chi connectivity index (χ1v) is 5.42. The molecule has 2 rings (SSSR count). The van der Waals surface area contributed by atoms with Crippen LogP contribution in [0.4, 0.5) is 0 Å². The van der Waals surface area contributed by atoms with Crippen LogP contribution in [0.5, 0.6) is 5.88 Å². The highest BCUT2D eigenvalue weighted by Crippen LogP contribution is 2.24. The zero-order chi connectivity index (χ0) is 13.6. The lowest BCUT2D eigenvalue weighted by atomic mass is 10.1. The van der Waals surface area contributed by atoms with Crippen molar-refractivity contribution in [1.29, 1.82) is 0 Å². The molecule has 2 aromatic rings. The first-order chi connectivity index (χ1) is 8.34. The molecule has 0 radical (unpaired) electrons. The van der Waals surface area contributed by atoms with E-state index in [1.54, 1.807) is 13.8 Å². The first-order valence-electron chi connectivity index (χ1n) is 5.42. The Balaban J connectivity index is 2.95. The second kappa shape index (κ2) is 3.86. The van der Waals surface area contributed by atoms with E-state index in [4.69, 9.17) is 5.11 Å². The minimum absolute atomic E-state index is 0.00750. The van der Waals surface area contributed by atoms with E-state index >= 15 is 0 Å². The van der Waals surface area contributed by atoms with E-state index < -0.39 is 11.5 Å². The summed E-state index contributed by atoms with van der Waals surface area (Å²) in [5.74, 6) is -1.72. The average molecular weight is 251 g/mol. The Kier molecular flexibility index (Phi) is 2.61. The predicted molar refractivity (Wildman–Crippen MR) is 63.3 cm³/mol. The number of aryl methyl sites for hydroxylation is 1. The molecule has 0 atom stereocenters. The minimum Gasteiger partial charge on any atom is -0.493 e. The van der Waals surface area contributed by atoms with Crippen LogP contribution in [-0.2, 0) is 0 Å². The number of rotatable bonds is 2. The second-order valence-corrected chi connectivity index (χ2v) is 4.37. The van der Waals surface area contributed by atoms with Crippen LogP contribution in [-0.4, -0.2) is 30.8 Å². The van der Waals surface area contributed by atoms with Gasteiger partial charge in [0.1, 0.15) is 5.56 Å². The van der Waals surface area contributed by atoms with Gasteiger partial charge in [0.05, 0.1) is 11.3 Å². The van der Waals surface area contributed by atoms with Gasteiger partial charge in [-0.05, 0) is 12.8 Å². The predicted octanol–water partition coefficient (Wildman–Crippen LogP) is 0.858. The van der Waals surface area contributed by atoms with Crippen LogP contribution in [0, 0.1) is 6.92 Å². The summed E-state index contributed by atoms with van der Waals surface area (Å²) in [5.41, 5.74) is -0.210. The molecule has 0 fully saturated rings. The van der Waals surface area contributed by atoms with E-state index in [2.05, 4.69) is 10.1 Å². The van der Waals surface area contributed by atoms with E-state index in [9.17, 15) is 14.7 Å². The summed E-state index contributed by atoms with van der Waals surface area (Å²) >= 11 is 0. The van der Waals surface area contributed by atoms with Gasteiger partial charge in [0.2, 0.25) is 5.88 Å². The van der Waals surface area contributed by atoms with Gasteiger partial charge >= 0.3 is 5.97 Å². The molecule has 3 N–H and O–H groups in total. The van der Waals surface area contributed by atoms with Crippen LogP contribution in [0.2, 0.25) is 0 Å². The molecule has 96 valence electrons. The van der Waals surface area contributed by atoms with Gasteiger partial charge in [0.25, 0.3) is 5.56 Å². The monoisotopic (exact) mass is 251 g/mol. The highest BCUT2D eigenvalue weighted by Gasteiger charge is 2.22. The van der Waals surface area contributed by atoms with Gasteiger partial charge in [-0.15, -0.1) is 0 Å². The molecule has 0 unspecified atom stereocenters. The van der Waals surface area contributed by atoms with Crippen molar-refractivity contribution in [1.82, 2.24) is 14.6 Å². The molecular formula is C11H13N3O4. The summed E-state index contributed by atoms with van der Waals surface area (Å²) in [7, 11) is 0. The van der Waals surface area contributed by atoms with Gasteiger partial charge in [-0.2, -0.15) is 9.61 Å². The lowest BCUT2D eigenvalue weighted by Crippen LogP contribution is -2.17. The van der Waals surface area contributed by atoms with Gasteiger partial charge in [-0.25, -0.2) is 4.79 Å². The number of carboxylic acid groups (broad SMARTS) is 1. The van der Waals surface area contributed by atoms with Crippen LogP contribution in [0.1, 0.15) is 41.4 Å². The molecule has 0 bridgehead atoms. The molecule has 0 saturated carbocycles.